The van der Waals surface area contributed by atoms with Gasteiger partial charge >= 0.3 is 0 Å². The van der Waals surface area contributed by atoms with Crippen molar-refractivity contribution in [2.75, 3.05) is 13.6 Å². The first-order valence-electron chi connectivity index (χ1n) is 3.82. The molecule has 0 saturated carbocycles. The molecular weight excluding hydrogens is 158 g/mol. The quantitative estimate of drug-likeness (QED) is 0.475. The van der Waals surface area contributed by atoms with Crippen LogP contribution in [0.15, 0.2) is 0 Å². The lowest BCUT2D eigenvalue weighted by Gasteiger charge is -2.20. The van der Waals surface area contributed by atoms with Crippen molar-refractivity contribution in [1.29, 1.82) is 0 Å². The van der Waals surface area contributed by atoms with Gasteiger partial charge in [-0.2, -0.15) is 0 Å². The fourth-order valence-electron chi connectivity index (χ4n) is 0.793. The van der Waals surface area contributed by atoms with E-state index in [9.17, 15) is 0 Å². The molecule has 0 bridgehead atoms. The van der Waals surface area contributed by atoms with Crippen LogP contribution < -0.4 is 5.32 Å². The molecule has 0 amide bonds. The van der Waals surface area contributed by atoms with Gasteiger partial charge in [-0.25, -0.2) is 0 Å². The number of hydrogen-bond donors (Lipinski definition) is 1. The van der Waals surface area contributed by atoms with Gasteiger partial charge in [-0.15, -0.1) is 0 Å². The summed E-state index contributed by atoms with van der Waals surface area (Å²) in [5.41, 5.74) is 0. The molecule has 0 rings (SSSR count). The Balaban J connectivity index is 3.28. The van der Waals surface area contributed by atoms with Crippen LogP contribution in [-0.4, -0.2) is 32.4 Å². The van der Waals surface area contributed by atoms with Crippen LogP contribution in [0, 0.1) is 0 Å². The second kappa shape index (κ2) is 5.06. The highest BCUT2D eigenvalue weighted by Gasteiger charge is 2.17. The first-order valence-corrected chi connectivity index (χ1v) is 7.75. The van der Waals surface area contributed by atoms with Crippen molar-refractivity contribution in [3.05, 3.63) is 0 Å². The van der Waals surface area contributed by atoms with Crippen molar-refractivity contribution in [1.82, 2.24) is 5.32 Å². The van der Waals surface area contributed by atoms with Crippen LogP contribution in [0.1, 0.15) is 6.42 Å². The summed E-state index contributed by atoms with van der Waals surface area (Å²) in [5.74, 6) is 0. The van der Waals surface area contributed by atoms with Gasteiger partial charge in [-0.1, -0.05) is 0 Å². The highest BCUT2D eigenvalue weighted by Crippen LogP contribution is 2.10. The molecule has 0 radical (unpaired) electrons. The Morgan fingerprint density at radius 1 is 1.50 bits per heavy atom. The van der Waals surface area contributed by atoms with Gasteiger partial charge in [0.05, 0.1) is 0 Å². The molecule has 0 aliphatic rings. The summed E-state index contributed by atoms with van der Waals surface area (Å²) in [6.45, 7) is 5.70. The Morgan fingerprint density at radius 2 is 2.10 bits per heavy atom. The molecule has 1 N–H and O–H groups in total. The molecule has 0 aromatic carbocycles. The van der Waals surface area contributed by atoms with Crippen molar-refractivity contribution in [2.24, 2.45) is 0 Å². The third-order valence-corrected chi connectivity index (χ3v) is 7.74. The summed E-state index contributed by atoms with van der Waals surface area (Å²) >= 11 is 0. The van der Waals surface area contributed by atoms with E-state index in [0.29, 0.717) is 0 Å². The van der Waals surface area contributed by atoms with Gasteiger partial charge in [0.15, 0.2) is 8.32 Å². The summed E-state index contributed by atoms with van der Waals surface area (Å²) in [5, 5.41) is 3.14. The first kappa shape index (κ1) is 10.4. The molecule has 0 aliphatic carbocycles. The molecule has 0 aliphatic heterocycles. The normalized spacial score (nSPS) is 12.3. The molecule has 62 valence electrons. The molecule has 2 nitrogen and oxygen atoms in total. The van der Waals surface area contributed by atoms with E-state index in [0.717, 1.165) is 17.0 Å². The standard InChI is InChI=1S/C6H19NOSi2/c1-7-5-4-6-10(2,3)8-9/h7H,4-6H2,1-3,9H3. The molecule has 0 spiro atoms. The Morgan fingerprint density at radius 3 is 2.50 bits per heavy atom. The van der Waals surface area contributed by atoms with E-state index < -0.39 is 8.32 Å². The van der Waals surface area contributed by atoms with Crippen molar-refractivity contribution in [2.45, 2.75) is 25.6 Å². The third-order valence-electron chi connectivity index (χ3n) is 1.76. The lowest BCUT2D eigenvalue weighted by Crippen LogP contribution is -2.29. The van der Waals surface area contributed by atoms with Crippen LogP contribution in [0.4, 0.5) is 0 Å². The average Bonchev–Trinajstić information content (AvgIpc) is 1.89. The SMILES string of the molecule is CNCCC[Si](C)(C)O[SiH3]. The van der Waals surface area contributed by atoms with Crippen LogP contribution in [0.5, 0.6) is 0 Å². The van der Waals surface area contributed by atoms with Gasteiger partial charge in [0, 0.05) is 0 Å². The molecule has 0 aromatic heterocycles. The smallest absolute Gasteiger partial charge is 0.172 e. The van der Waals surface area contributed by atoms with E-state index in [4.69, 9.17) is 4.12 Å². The molecule has 0 fully saturated rings. The number of nitrogens with one attached hydrogen (secondary N) is 1. The largest absolute Gasteiger partial charge is 0.463 e. The highest BCUT2D eigenvalue weighted by molar-refractivity contribution is 6.73. The predicted octanol–water partition coefficient (Wildman–Crippen LogP) is 0.0980. The highest BCUT2D eigenvalue weighted by atomic mass is 28.4. The van der Waals surface area contributed by atoms with E-state index in [-0.39, 0.29) is 0 Å². The summed E-state index contributed by atoms with van der Waals surface area (Å²) in [7, 11) is 1.71. The Kier molecular flexibility index (Phi) is 5.24. The van der Waals surface area contributed by atoms with Gasteiger partial charge in [-0.05, 0) is 39.2 Å². The van der Waals surface area contributed by atoms with E-state index in [1.807, 2.05) is 7.05 Å². The van der Waals surface area contributed by atoms with Crippen molar-refractivity contribution < 1.29 is 4.12 Å². The topological polar surface area (TPSA) is 21.3 Å². The lowest BCUT2D eigenvalue weighted by molar-refractivity contribution is 0.596. The molecular formula is C6H19NOSi2. The van der Waals surface area contributed by atoms with Crippen LogP contribution >= 0.6 is 0 Å². The zero-order chi connectivity index (χ0) is 8.04. The van der Waals surface area contributed by atoms with Crippen LogP contribution in [-0.2, 0) is 4.12 Å². The zero-order valence-electron chi connectivity index (χ0n) is 7.53. The maximum atomic E-state index is 5.53. The average molecular weight is 177 g/mol. The van der Waals surface area contributed by atoms with Gasteiger partial charge < -0.3 is 9.43 Å². The summed E-state index contributed by atoms with van der Waals surface area (Å²) in [4.78, 5) is 0. The van der Waals surface area contributed by atoms with Crippen molar-refractivity contribution in [3.63, 3.8) is 0 Å². The summed E-state index contributed by atoms with van der Waals surface area (Å²) in [6.07, 6.45) is 1.26. The molecule has 0 unspecified atom stereocenters. The van der Waals surface area contributed by atoms with E-state index in [1.165, 1.54) is 12.5 Å². The maximum absolute atomic E-state index is 5.53. The minimum Gasteiger partial charge on any atom is -0.463 e. The first-order chi connectivity index (χ1) is 4.62. The maximum Gasteiger partial charge on any atom is 0.172 e. The molecule has 4 heteroatoms. The molecule has 0 heterocycles. The van der Waals surface area contributed by atoms with Gasteiger partial charge in [-0.3, -0.25) is 0 Å². The Bertz CT molecular complexity index is 87.8. The van der Waals surface area contributed by atoms with Gasteiger partial charge in [0.1, 0.15) is 10.5 Å². The van der Waals surface area contributed by atoms with Crippen LogP contribution in [0.2, 0.25) is 19.1 Å². The van der Waals surface area contributed by atoms with E-state index in [1.54, 1.807) is 0 Å². The van der Waals surface area contributed by atoms with Crippen molar-refractivity contribution >= 4 is 18.8 Å². The minimum absolute atomic E-state index is 0.907. The second-order valence-electron chi connectivity index (χ2n) is 3.17. The Labute approximate surface area is 68.0 Å². The van der Waals surface area contributed by atoms with E-state index >= 15 is 0 Å². The Hall–Kier alpha value is 0.354. The third kappa shape index (κ3) is 5.16. The molecule has 0 saturated heterocycles. The number of rotatable bonds is 5. The van der Waals surface area contributed by atoms with Gasteiger partial charge in [0.2, 0.25) is 0 Å². The van der Waals surface area contributed by atoms with Gasteiger partial charge in [0.25, 0.3) is 0 Å². The second-order valence-corrected chi connectivity index (χ2v) is 8.82. The monoisotopic (exact) mass is 177 g/mol. The fraction of sp³-hybridized carbons (Fsp3) is 1.00. The van der Waals surface area contributed by atoms with Crippen LogP contribution in [0.25, 0.3) is 0 Å². The minimum atomic E-state index is -1.19. The van der Waals surface area contributed by atoms with E-state index in [2.05, 4.69) is 18.4 Å². The molecule has 0 atom stereocenters. The molecule has 10 heavy (non-hydrogen) atoms. The lowest BCUT2D eigenvalue weighted by atomic mass is 10.5. The predicted molar refractivity (Wildman–Crippen MR) is 51.9 cm³/mol. The number of hydrogen-bond acceptors (Lipinski definition) is 2. The van der Waals surface area contributed by atoms with Crippen molar-refractivity contribution in [3.8, 4) is 0 Å². The summed E-state index contributed by atoms with van der Waals surface area (Å²) in [6, 6.07) is 1.29. The molecule has 0 aromatic rings. The zero-order valence-corrected chi connectivity index (χ0v) is 10.5. The summed E-state index contributed by atoms with van der Waals surface area (Å²) < 4.78 is 5.53. The fourth-order valence-corrected chi connectivity index (χ4v) is 2.64. The van der Waals surface area contributed by atoms with Crippen LogP contribution in [0.3, 0.4) is 0 Å².